The van der Waals surface area contributed by atoms with E-state index in [1.165, 1.54) is 0 Å². The molecule has 1 saturated heterocycles. The molecule has 1 aromatic rings. The maximum absolute atomic E-state index is 13.2. The largest absolute Gasteiger partial charge is 0.398 e. The molecule has 0 amide bonds. The van der Waals surface area contributed by atoms with Crippen LogP contribution in [0.4, 0.5) is 13.2 Å². The van der Waals surface area contributed by atoms with Gasteiger partial charge in [-0.25, -0.2) is 0 Å². The number of likely N-dealkylation sites (tertiary alicyclic amines) is 1. The van der Waals surface area contributed by atoms with Gasteiger partial charge < -0.3 is 5.11 Å². The third-order valence-corrected chi connectivity index (χ3v) is 4.08. The number of benzene rings is 1. The van der Waals surface area contributed by atoms with Gasteiger partial charge in [-0.2, -0.15) is 13.2 Å². The quantitative estimate of drug-likeness (QED) is 0.915. The number of hydrogen-bond acceptors (Lipinski definition) is 2. The van der Waals surface area contributed by atoms with Crippen LogP contribution in [0.15, 0.2) is 30.3 Å². The van der Waals surface area contributed by atoms with E-state index in [1.807, 2.05) is 30.3 Å². The van der Waals surface area contributed by atoms with Crippen molar-refractivity contribution in [1.29, 1.82) is 0 Å². The summed E-state index contributed by atoms with van der Waals surface area (Å²) >= 11 is 0. The van der Waals surface area contributed by atoms with Crippen molar-refractivity contribution in [3.63, 3.8) is 0 Å². The monoisotopic (exact) mass is 273 g/mol. The zero-order chi connectivity index (χ0) is 14.1. The Morgan fingerprint density at radius 2 is 1.95 bits per heavy atom. The van der Waals surface area contributed by atoms with Crippen molar-refractivity contribution in [2.24, 2.45) is 11.3 Å². The number of hydrogen-bond donors (Lipinski definition) is 1. The third kappa shape index (κ3) is 2.62. The van der Waals surface area contributed by atoms with Crippen LogP contribution in [0.5, 0.6) is 0 Å². The molecule has 1 aromatic carbocycles. The van der Waals surface area contributed by atoms with Crippen molar-refractivity contribution in [1.82, 2.24) is 4.90 Å². The molecule has 0 saturated carbocycles. The topological polar surface area (TPSA) is 23.5 Å². The molecule has 2 nitrogen and oxygen atoms in total. The molecule has 0 radical (unpaired) electrons. The van der Waals surface area contributed by atoms with Gasteiger partial charge in [-0.15, -0.1) is 0 Å². The molecule has 0 aliphatic carbocycles. The average molecular weight is 273 g/mol. The minimum atomic E-state index is -4.37. The summed E-state index contributed by atoms with van der Waals surface area (Å²) in [6.07, 6.45) is -4.37. The summed E-state index contributed by atoms with van der Waals surface area (Å²) < 4.78 is 39.6. The number of rotatable bonds is 3. The van der Waals surface area contributed by atoms with E-state index in [0.717, 1.165) is 5.56 Å². The molecule has 0 unspecified atom stereocenters. The molecule has 1 N–H and O–H groups in total. The predicted octanol–water partition coefficient (Wildman–Crippen LogP) is 2.68. The lowest BCUT2D eigenvalue weighted by atomic mass is 9.79. The minimum Gasteiger partial charge on any atom is -0.395 e. The molecule has 1 heterocycles. The molecule has 1 aliphatic rings. The van der Waals surface area contributed by atoms with Crippen molar-refractivity contribution in [2.75, 3.05) is 19.7 Å². The number of aliphatic hydroxyl groups is 1. The lowest BCUT2D eigenvalue weighted by Crippen LogP contribution is -2.47. The van der Waals surface area contributed by atoms with Crippen LogP contribution in [0.3, 0.4) is 0 Å². The van der Waals surface area contributed by atoms with Crippen molar-refractivity contribution in [3.8, 4) is 0 Å². The summed E-state index contributed by atoms with van der Waals surface area (Å²) in [5, 5.41) is 9.26. The Hall–Kier alpha value is -1.07. The van der Waals surface area contributed by atoms with Crippen molar-refractivity contribution in [3.05, 3.63) is 35.9 Å². The highest BCUT2D eigenvalue weighted by molar-refractivity contribution is 5.15. The van der Waals surface area contributed by atoms with Crippen LogP contribution in [-0.2, 0) is 6.54 Å². The van der Waals surface area contributed by atoms with Gasteiger partial charge in [0.1, 0.15) is 5.41 Å². The molecule has 0 bridgehead atoms. The molecule has 0 aromatic heterocycles. The second kappa shape index (κ2) is 5.13. The fourth-order valence-corrected chi connectivity index (χ4v) is 2.81. The van der Waals surface area contributed by atoms with Gasteiger partial charge in [0.2, 0.25) is 0 Å². The van der Waals surface area contributed by atoms with Crippen LogP contribution >= 0.6 is 0 Å². The standard InChI is InChI=1S/C14H18F3NO/c1-11-7-18(8-12-5-3-2-4-6-12)9-13(11,10-19)14(15,16)17/h2-6,11,19H,7-10H2,1H3/t11-,13+/m0/s1. The van der Waals surface area contributed by atoms with Gasteiger partial charge in [0.05, 0.1) is 6.61 Å². The van der Waals surface area contributed by atoms with Crippen molar-refractivity contribution in [2.45, 2.75) is 19.6 Å². The lowest BCUT2D eigenvalue weighted by molar-refractivity contribution is -0.242. The van der Waals surface area contributed by atoms with Crippen LogP contribution in [0.2, 0.25) is 0 Å². The summed E-state index contributed by atoms with van der Waals surface area (Å²) in [4.78, 5) is 1.77. The normalized spacial score (nSPS) is 28.8. The zero-order valence-corrected chi connectivity index (χ0v) is 10.8. The Balaban J connectivity index is 2.13. The predicted molar refractivity (Wildman–Crippen MR) is 66.5 cm³/mol. The van der Waals surface area contributed by atoms with E-state index in [-0.39, 0.29) is 6.54 Å². The smallest absolute Gasteiger partial charge is 0.395 e. The van der Waals surface area contributed by atoms with E-state index < -0.39 is 24.1 Å². The summed E-state index contributed by atoms with van der Waals surface area (Å²) in [5.41, 5.74) is -0.993. The second-order valence-electron chi connectivity index (χ2n) is 5.37. The first-order valence-corrected chi connectivity index (χ1v) is 6.33. The highest BCUT2D eigenvalue weighted by atomic mass is 19.4. The highest BCUT2D eigenvalue weighted by Crippen LogP contribution is 2.48. The number of alkyl halides is 3. The molecular formula is C14H18F3NO. The fraction of sp³-hybridized carbons (Fsp3) is 0.571. The maximum atomic E-state index is 13.2. The second-order valence-corrected chi connectivity index (χ2v) is 5.37. The fourth-order valence-electron chi connectivity index (χ4n) is 2.81. The molecule has 1 aliphatic heterocycles. The Labute approximate surface area is 110 Å². The summed E-state index contributed by atoms with van der Waals surface area (Å²) in [7, 11) is 0. The molecule has 0 spiro atoms. The van der Waals surface area contributed by atoms with Gasteiger partial charge in [0, 0.05) is 19.6 Å². The van der Waals surface area contributed by atoms with Gasteiger partial charge in [0.15, 0.2) is 0 Å². The Morgan fingerprint density at radius 1 is 1.32 bits per heavy atom. The van der Waals surface area contributed by atoms with Gasteiger partial charge >= 0.3 is 6.18 Å². The summed E-state index contributed by atoms with van der Waals surface area (Å²) in [5.74, 6) is -0.596. The van der Waals surface area contributed by atoms with E-state index >= 15 is 0 Å². The van der Waals surface area contributed by atoms with Crippen LogP contribution in [-0.4, -0.2) is 35.9 Å². The first-order valence-electron chi connectivity index (χ1n) is 6.33. The highest BCUT2D eigenvalue weighted by Gasteiger charge is 2.61. The number of aliphatic hydroxyl groups excluding tert-OH is 1. The summed E-state index contributed by atoms with van der Waals surface area (Å²) in [6, 6.07) is 9.42. The van der Waals surface area contributed by atoms with Gasteiger partial charge in [0.25, 0.3) is 0 Å². The zero-order valence-electron chi connectivity index (χ0n) is 10.8. The molecule has 2 rings (SSSR count). The van der Waals surface area contributed by atoms with Gasteiger partial charge in [-0.3, -0.25) is 4.90 Å². The third-order valence-electron chi connectivity index (χ3n) is 4.08. The number of halogens is 3. The van der Waals surface area contributed by atoms with Gasteiger partial charge in [-0.05, 0) is 11.5 Å². The first kappa shape index (κ1) is 14.3. The van der Waals surface area contributed by atoms with Crippen LogP contribution in [0.1, 0.15) is 12.5 Å². The lowest BCUT2D eigenvalue weighted by Gasteiger charge is -2.33. The summed E-state index contributed by atoms with van der Waals surface area (Å²) in [6.45, 7) is 1.43. The molecule has 5 heteroatoms. The van der Waals surface area contributed by atoms with Gasteiger partial charge in [-0.1, -0.05) is 37.3 Å². The van der Waals surface area contributed by atoms with Crippen LogP contribution < -0.4 is 0 Å². The Morgan fingerprint density at radius 3 is 2.42 bits per heavy atom. The van der Waals surface area contributed by atoms with Crippen LogP contribution in [0, 0.1) is 11.3 Å². The Kier molecular flexibility index (Phi) is 3.87. The maximum Gasteiger partial charge on any atom is 0.398 e. The average Bonchev–Trinajstić information content (AvgIpc) is 2.67. The SMILES string of the molecule is C[C@H]1CN(Cc2ccccc2)C[C@]1(CO)C(F)(F)F. The van der Waals surface area contributed by atoms with E-state index in [0.29, 0.717) is 13.1 Å². The molecule has 106 valence electrons. The molecule has 1 fully saturated rings. The molecule has 2 atom stereocenters. The van der Waals surface area contributed by atoms with Crippen LogP contribution in [0.25, 0.3) is 0 Å². The molecule has 19 heavy (non-hydrogen) atoms. The van der Waals surface area contributed by atoms with Crippen molar-refractivity contribution >= 4 is 0 Å². The van der Waals surface area contributed by atoms with E-state index in [2.05, 4.69) is 0 Å². The molecular weight excluding hydrogens is 255 g/mol. The van der Waals surface area contributed by atoms with E-state index in [4.69, 9.17) is 0 Å². The number of nitrogens with zero attached hydrogens (tertiary/aromatic N) is 1. The first-order chi connectivity index (χ1) is 8.89. The van der Waals surface area contributed by atoms with Crippen molar-refractivity contribution < 1.29 is 18.3 Å². The Bertz CT molecular complexity index is 420. The minimum absolute atomic E-state index is 0.136. The van der Waals surface area contributed by atoms with E-state index in [1.54, 1.807) is 11.8 Å². The van der Waals surface area contributed by atoms with E-state index in [9.17, 15) is 18.3 Å².